The van der Waals surface area contributed by atoms with Crippen LogP contribution in [0.2, 0.25) is 0 Å². The minimum Gasteiger partial charge on any atom is -0.365 e. The van der Waals surface area contributed by atoms with Crippen LogP contribution in [0.25, 0.3) is 0 Å². The molecule has 2 saturated heterocycles. The van der Waals surface area contributed by atoms with Crippen LogP contribution >= 0.6 is 0 Å². The zero-order chi connectivity index (χ0) is 14.9. The zero-order valence-electron chi connectivity index (χ0n) is 12.1. The first kappa shape index (κ1) is 14.1. The Hall–Kier alpha value is -1.90. The second-order valence-electron chi connectivity index (χ2n) is 5.53. The maximum Gasteiger partial charge on any atom is 0.186 e. The fourth-order valence-corrected chi connectivity index (χ4v) is 3.03. The van der Waals surface area contributed by atoms with Crippen molar-refractivity contribution in [2.24, 2.45) is 0 Å². The van der Waals surface area contributed by atoms with Gasteiger partial charge in [0.25, 0.3) is 0 Å². The first-order valence-electron chi connectivity index (χ1n) is 7.21. The Bertz CT molecular complexity index is 600. The van der Waals surface area contributed by atoms with Crippen LogP contribution in [0.15, 0.2) is 18.2 Å². The van der Waals surface area contributed by atoms with Crippen LogP contribution in [0.3, 0.4) is 0 Å². The number of hydrogen-bond donors (Lipinski definition) is 0. The van der Waals surface area contributed by atoms with Crippen molar-refractivity contribution in [3.05, 3.63) is 29.3 Å². The van der Waals surface area contributed by atoms with Gasteiger partial charge in [-0.1, -0.05) is 0 Å². The lowest BCUT2D eigenvalue weighted by Crippen LogP contribution is -2.49. The predicted octanol–water partition coefficient (Wildman–Crippen LogP) is 2.10. The third kappa shape index (κ3) is 2.65. The molecule has 0 N–H and O–H groups in total. The summed E-state index contributed by atoms with van der Waals surface area (Å²) in [7, 11) is 0. The first-order valence-corrected chi connectivity index (χ1v) is 7.21. The average molecular weight is 286 g/mol. The number of ketones is 1. The molecule has 1 aromatic rings. The molecule has 110 valence electrons. The Morgan fingerprint density at radius 2 is 2.14 bits per heavy atom. The van der Waals surface area contributed by atoms with Crippen molar-refractivity contribution in [1.82, 2.24) is 0 Å². The molecule has 2 aliphatic rings. The summed E-state index contributed by atoms with van der Waals surface area (Å²) < 4.78 is 11.5. The lowest BCUT2D eigenvalue weighted by atomic mass is 10.0. The second kappa shape index (κ2) is 5.47. The molecule has 1 spiro atoms. The summed E-state index contributed by atoms with van der Waals surface area (Å²) in [5.41, 5.74) is 2.00. The highest BCUT2D eigenvalue weighted by Crippen LogP contribution is 2.34. The van der Waals surface area contributed by atoms with Crippen molar-refractivity contribution in [1.29, 1.82) is 5.26 Å². The van der Waals surface area contributed by atoms with Gasteiger partial charge in [-0.25, -0.2) is 0 Å². The number of carbonyl (C=O) groups is 1. The van der Waals surface area contributed by atoms with Crippen molar-refractivity contribution < 1.29 is 14.3 Å². The zero-order valence-corrected chi connectivity index (χ0v) is 12.1. The lowest BCUT2D eigenvalue weighted by molar-refractivity contribution is -0.161. The second-order valence-corrected chi connectivity index (χ2v) is 5.53. The molecule has 1 aromatic carbocycles. The minimum absolute atomic E-state index is 0.000767. The molecule has 2 aliphatic heterocycles. The van der Waals surface area contributed by atoms with Crippen molar-refractivity contribution in [3.63, 3.8) is 0 Å². The van der Waals surface area contributed by atoms with E-state index in [1.807, 2.05) is 0 Å². The fourth-order valence-electron chi connectivity index (χ4n) is 3.03. The Morgan fingerprint density at radius 3 is 2.81 bits per heavy atom. The third-order valence-electron chi connectivity index (χ3n) is 4.10. The number of carbonyl (C=O) groups excluding carboxylic acids is 1. The summed E-state index contributed by atoms with van der Waals surface area (Å²) in [6.45, 7) is 4.21. The third-order valence-corrected chi connectivity index (χ3v) is 4.10. The van der Waals surface area contributed by atoms with Crippen molar-refractivity contribution in [3.8, 4) is 6.07 Å². The Labute approximate surface area is 124 Å². The van der Waals surface area contributed by atoms with Crippen LogP contribution in [-0.4, -0.2) is 37.9 Å². The molecule has 21 heavy (non-hydrogen) atoms. The summed E-state index contributed by atoms with van der Waals surface area (Å²) in [4.78, 5) is 13.7. The molecule has 3 rings (SSSR count). The SMILES string of the molecule is CC(=O)c1ccc(C#N)c(N2CCCC3(C2)OCCO3)c1. The largest absolute Gasteiger partial charge is 0.365 e. The fraction of sp³-hybridized carbons (Fsp3) is 0.500. The molecule has 0 atom stereocenters. The van der Waals surface area contributed by atoms with Crippen LogP contribution in [-0.2, 0) is 9.47 Å². The summed E-state index contributed by atoms with van der Waals surface area (Å²) in [6, 6.07) is 7.42. The van der Waals surface area contributed by atoms with E-state index in [1.54, 1.807) is 18.2 Å². The van der Waals surface area contributed by atoms with Gasteiger partial charge in [-0.3, -0.25) is 4.79 Å². The summed E-state index contributed by atoms with van der Waals surface area (Å²) in [5.74, 6) is -0.544. The Morgan fingerprint density at radius 1 is 1.38 bits per heavy atom. The van der Waals surface area contributed by atoms with Gasteiger partial charge in [-0.05, 0) is 31.5 Å². The van der Waals surface area contributed by atoms with Gasteiger partial charge in [0, 0.05) is 18.5 Å². The van der Waals surface area contributed by atoms with Gasteiger partial charge in [0.1, 0.15) is 6.07 Å². The van der Waals surface area contributed by atoms with E-state index in [9.17, 15) is 10.1 Å². The average Bonchev–Trinajstić information content (AvgIpc) is 2.94. The van der Waals surface area contributed by atoms with E-state index < -0.39 is 5.79 Å². The molecule has 0 unspecified atom stereocenters. The highest BCUT2D eigenvalue weighted by molar-refractivity contribution is 5.95. The number of piperidine rings is 1. The molecular formula is C16H18N2O3. The number of benzene rings is 1. The molecular weight excluding hydrogens is 268 g/mol. The van der Waals surface area contributed by atoms with E-state index in [0.717, 1.165) is 25.1 Å². The van der Waals surface area contributed by atoms with Gasteiger partial charge in [-0.15, -0.1) is 0 Å². The Kier molecular flexibility index (Phi) is 3.66. The number of nitrogens with zero attached hydrogens (tertiary/aromatic N) is 2. The minimum atomic E-state index is -0.544. The molecule has 5 heteroatoms. The highest BCUT2D eigenvalue weighted by Gasteiger charge is 2.41. The number of hydrogen-bond acceptors (Lipinski definition) is 5. The molecule has 0 aliphatic carbocycles. The van der Waals surface area contributed by atoms with Crippen LogP contribution in [0.5, 0.6) is 0 Å². The summed E-state index contributed by atoms with van der Waals surface area (Å²) in [6.07, 6.45) is 1.81. The molecule has 2 fully saturated rings. The maximum absolute atomic E-state index is 11.6. The van der Waals surface area contributed by atoms with Gasteiger partial charge in [0.15, 0.2) is 11.6 Å². The molecule has 0 radical (unpaired) electrons. The van der Waals surface area contributed by atoms with E-state index in [0.29, 0.717) is 30.9 Å². The van der Waals surface area contributed by atoms with Gasteiger partial charge < -0.3 is 14.4 Å². The van der Waals surface area contributed by atoms with Crippen molar-refractivity contribution in [2.75, 3.05) is 31.2 Å². The number of Topliss-reactive ketones (excluding diaryl/α,β-unsaturated/α-hetero) is 1. The first-order chi connectivity index (χ1) is 10.1. The monoisotopic (exact) mass is 286 g/mol. The van der Waals surface area contributed by atoms with E-state index >= 15 is 0 Å². The lowest BCUT2D eigenvalue weighted by Gasteiger charge is -2.40. The van der Waals surface area contributed by atoms with E-state index in [-0.39, 0.29) is 5.78 Å². The van der Waals surface area contributed by atoms with Crippen LogP contribution in [0.1, 0.15) is 35.7 Å². The Balaban J connectivity index is 1.93. The van der Waals surface area contributed by atoms with E-state index in [1.165, 1.54) is 6.92 Å². The van der Waals surface area contributed by atoms with E-state index in [4.69, 9.17) is 9.47 Å². The van der Waals surface area contributed by atoms with E-state index in [2.05, 4.69) is 11.0 Å². The molecule has 2 heterocycles. The molecule has 0 bridgehead atoms. The quantitative estimate of drug-likeness (QED) is 0.779. The van der Waals surface area contributed by atoms with Crippen molar-refractivity contribution in [2.45, 2.75) is 25.6 Å². The standard InChI is InChI=1S/C16H18N2O3/c1-12(19)13-3-4-14(10-17)15(9-13)18-6-2-5-16(11-18)20-7-8-21-16/h3-4,9H,2,5-8,11H2,1H3. The molecule has 0 aromatic heterocycles. The normalized spacial score (nSPS) is 20.5. The number of rotatable bonds is 2. The number of anilines is 1. The topological polar surface area (TPSA) is 62.6 Å². The smallest absolute Gasteiger partial charge is 0.186 e. The number of ether oxygens (including phenoxy) is 2. The van der Waals surface area contributed by atoms with Gasteiger partial charge in [0.2, 0.25) is 0 Å². The van der Waals surface area contributed by atoms with Gasteiger partial charge >= 0.3 is 0 Å². The summed E-state index contributed by atoms with van der Waals surface area (Å²) >= 11 is 0. The molecule has 0 amide bonds. The number of nitriles is 1. The molecule has 5 nitrogen and oxygen atoms in total. The van der Waals surface area contributed by atoms with Gasteiger partial charge in [0.05, 0.1) is 31.0 Å². The van der Waals surface area contributed by atoms with Crippen LogP contribution in [0, 0.1) is 11.3 Å². The van der Waals surface area contributed by atoms with Crippen LogP contribution < -0.4 is 4.90 Å². The summed E-state index contributed by atoms with van der Waals surface area (Å²) in [5, 5.41) is 9.31. The highest BCUT2D eigenvalue weighted by atomic mass is 16.7. The maximum atomic E-state index is 11.6. The van der Waals surface area contributed by atoms with Gasteiger partial charge in [-0.2, -0.15) is 5.26 Å². The predicted molar refractivity (Wildman–Crippen MR) is 77.2 cm³/mol. The van der Waals surface area contributed by atoms with Crippen LogP contribution in [0.4, 0.5) is 5.69 Å². The molecule has 0 saturated carbocycles. The van der Waals surface area contributed by atoms with Crippen molar-refractivity contribution >= 4 is 11.5 Å².